The normalized spacial score (nSPS) is 10.1. The van der Waals surface area contributed by atoms with Crippen LogP contribution in [0, 0.1) is 0 Å². The zero-order valence-corrected chi connectivity index (χ0v) is 11.3. The summed E-state index contributed by atoms with van der Waals surface area (Å²) in [6.45, 7) is 0.877. The molecule has 1 aromatic carbocycles. The molecule has 1 aromatic heterocycles. The van der Waals surface area contributed by atoms with Gasteiger partial charge in [-0.3, -0.25) is 0 Å². The van der Waals surface area contributed by atoms with Gasteiger partial charge in [0.25, 0.3) is 0 Å². The van der Waals surface area contributed by atoms with E-state index in [2.05, 4.69) is 20.9 Å². The molecule has 0 saturated carbocycles. The molecule has 5 heteroatoms. The number of hydrogen-bond acceptors (Lipinski definition) is 4. The van der Waals surface area contributed by atoms with E-state index in [1.807, 2.05) is 24.3 Å². The summed E-state index contributed by atoms with van der Waals surface area (Å²) in [6.07, 6.45) is 1.63. The minimum absolute atomic E-state index is 0.390. The van der Waals surface area contributed by atoms with Gasteiger partial charge in [0, 0.05) is 10.7 Å². The van der Waals surface area contributed by atoms with Gasteiger partial charge in [0.1, 0.15) is 19.0 Å². The lowest BCUT2D eigenvalue weighted by Gasteiger charge is -2.09. The Hall–Kier alpha value is -1.75. The van der Waals surface area contributed by atoms with Crippen molar-refractivity contribution in [2.24, 2.45) is 0 Å². The number of ether oxygens (including phenoxy) is 2. The molecule has 0 fully saturated rings. The molecular formula is C13H13BrN2O2. The van der Waals surface area contributed by atoms with Gasteiger partial charge < -0.3 is 15.2 Å². The topological polar surface area (TPSA) is 57.4 Å². The summed E-state index contributed by atoms with van der Waals surface area (Å²) in [7, 11) is 0. The number of nitrogens with two attached hydrogens (primary N) is 1. The van der Waals surface area contributed by atoms with Crippen LogP contribution in [0.4, 0.5) is 5.82 Å². The highest BCUT2D eigenvalue weighted by Gasteiger charge is 1.99. The number of nitrogens with zero attached hydrogens (tertiary/aromatic N) is 1. The van der Waals surface area contributed by atoms with E-state index in [1.54, 1.807) is 18.3 Å². The molecule has 2 rings (SSSR count). The van der Waals surface area contributed by atoms with Crippen molar-refractivity contribution >= 4 is 21.7 Å². The Labute approximate surface area is 114 Å². The second kappa shape index (κ2) is 6.26. The molecule has 0 radical (unpaired) electrons. The van der Waals surface area contributed by atoms with Crippen LogP contribution in [-0.2, 0) is 0 Å². The highest BCUT2D eigenvalue weighted by Crippen LogP contribution is 2.18. The van der Waals surface area contributed by atoms with Crippen molar-refractivity contribution in [3.8, 4) is 11.5 Å². The maximum absolute atomic E-state index is 5.65. The zero-order chi connectivity index (χ0) is 12.8. The fourth-order valence-corrected chi connectivity index (χ4v) is 1.63. The van der Waals surface area contributed by atoms with Crippen LogP contribution >= 0.6 is 15.9 Å². The van der Waals surface area contributed by atoms with Crippen LogP contribution in [0.5, 0.6) is 11.5 Å². The molecule has 0 saturated heterocycles. The first-order valence-corrected chi connectivity index (χ1v) is 6.26. The molecule has 94 valence electrons. The van der Waals surface area contributed by atoms with E-state index in [-0.39, 0.29) is 0 Å². The first kappa shape index (κ1) is 12.7. The number of halogens is 1. The predicted octanol–water partition coefficient (Wildman–Crippen LogP) is 2.88. The third kappa shape index (κ3) is 3.63. The van der Waals surface area contributed by atoms with Crippen molar-refractivity contribution in [3.63, 3.8) is 0 Å². The minimum atomic E-state index is 0.390. The lowest BCUT2D eigenvalue weighted by atomic mass is 10.3. The Morgan fingerprint density at radius 2 is 1.78 bits per heavy atom. The van der Waals surface area contributed by atoms with Gasteiger partial charge in [-0.2, -0.15) is 0 Å². The SMILES string of the molecule is Nc1ncccc1OCCOc1ccc(Br)cc1. The number of benzene rings is 1. The Balaban J connectivity index is 1.76. The lowest BCUT2D eigenvalue weighted by molar-refractivity contribution is 0.217. The van der Waals surface area contributed by atoms with Gasteiger partial charge in [0.2, 0.25) is 0 Å². The van der Waals surface area contributed by atoms with E-state index in [0.29, 0.717) is 24.8 Å². The summed E-state index contributed by atoms with van der Waals surface area (Å²) in [5, 5.41) is 0. The van der Waals surface area contributed by atoms with Crippen molar-refractivity contribution < 1.29 is 9.47 Å². The summed E-state index contributed by atoms with van der Waals surface area (Å²) >= 11 is 3.36. The van der Waals surface area contributed by atoms with Crippen molar-refractivity contribution in [2.45, 2.75) is 0 Å². The summed E-state index contributed by atoms with van der Waals surface area (Å²) in [4.78, 5) is 3.93. The monoisotopic (exact) mass is 308 g/mol. The number of pyridine rings is 1. The van der Waals surface area contributed by atoms with E-state index in [1.165, 1.54) is 0 Å². The van der Waals surface area contributed by atoms with E-state index < -0.39 is 0 Å². The average Bonchev–Trinajstić information content (AvgIpc) is 2.39. The van der Waals surface area contributed by atoms with E-state index in [9.17, 15) is 0 Å². The summed E-state index contributed by atoms with van der Waals surface area (Å²) in [5.41, 5.74) is 5.65. The van der Waals surface area contributed by atoms with E-state index in [0.717, 1.165) is 10.2 Å². The molecular weight excluding hydrogens is 296 g/mol. The highest BCUT2D eigenvalue weighted by molar-refractivity contribution is 9.10. The molecule has 0 spiro atoms. The van der Waals surface area contributed by atoms with Gasteiger partial charge in [-0.05, 0) is 36.4 Å². The lowest BCUT2D eigenvalue weighted by Crippen LogP contribution is -2.10. The van der Waals surface area contributed by atoms with Crippen LogP contribution < -0.4 is 15.2 Å². The van der Waals surface area contributed by atoms with Crippen molar-refractivity contribution in [1.82, 2.24) is 4.98 Å². The van der Waals surface area contributed by atoms with Gasteiger partial charge in [0.05, 0.1) is 0 Å². The molecule has 0 aliphatic rings. The highest BCUT2D eigenvalue weighted by atomic mass is 79.9. The predicted molar refractivity (Wildman–Crippen MR) is 73.8 cm³/mol. The van der Waals surface area contributed by atoms with Gasteiger partial charge in [0.15, 0.2) is 11.6 Å². The van der Waals surface area contributed by atoms with Crippen LogP contribution in [0.25, 0.3) is 0 Å². The van der Waals surface area contributed by atoms with Gasteiger partial charge in [-0.15, -0.1) is 0 Å². The van der Waals surface area contributed by atoms with Crippen LogP contribution in [-0.4, -0.2) is 18.2 Å². The Morgan fingerprint density at radius 1 is 1.06 bits per heavy atom. The molecule has 4 nitrogen and oxygen atoms in total. The molecule has 0 amide bonds. The second-order valence-corrected chi connectivity index (χ2v) is 4.45. The summed E-state index contributed by atoms with van der Waals surface area (Å²) < 4.78 is 12.0. The van der Waals surface area contributed by atoms with Gasteiger partial charge in [-0.25, -0.2) is 4.98 Å². The van der Waals surface area contributed by atoms with Gasteiger partial charge in [-0.1, -0.05) is 15.9 Å². The largest absolute Gasteiger partial charge is 0.490 e. The zero-order valence-electron chi connectivity index (χ0n) is 9.67. The van der Waals surface area contributed by atoms with Gasteiger partial charge >= 0.3 is 0 Å². The van der Waals surface area contributed by atoms with Crippen LogP contribution in [0.1, 0.15) is 0 Å². The van der Waals surface area contributed by atoms with Crippen LogP contribution in [0.3, 0.4) is 0 Å². The molecule has 0 unspecified atom stereocenters. The fraction of sp³-hybridized carbons (Fsp3) is 0.154. The summed E-state index contributed by atoms with van der Waals surface area (Å²) in [6, 6.07) is 11.2. The molecule has 0 aliphatic carbocycles. The maximum atomic E-state index is 5.65. The third-order valence-corrected chi connectivity index (χ3v) is 2.75. The molecule has 2 N–H and O–H groups in total. The Bertz CT molecular complexity index is 503. The Kier molecular flexibility index (Phi) is 4.41. The number of aromatic nitrogens is 1. The van der Waals surface area contributed by atoms with Crippen molar-refractivity contribution in [3.05, 3.63) is 47.1 Å². The Morgan fingerprint density at radius 3 is 2.50 bits per heavy atom. The number of anilines is 1. The molecule has 0 atom stereocenters. The molecule has 2 aromatic rings. The molecule has 1 heterocycles. The van der Waals surface area contributed by atoms with E-state index in [4.69, 9.17) is 15.2 Å². The second-order valence-electron chi connectivity index (χ2n) is 3.54. The van der Waals surface area contributed by atoms with Crippen LogP contribution in [0.2, 0.25) is 0 Å². The number of nitrogen functional groups attached to an aromatic ring is 1. The summed E-state index contributed by atoms with van der Waals surface area (Å²) in [5.74, 6) is 1.78. The third-order valence-electron chi connectivity index (χ3n) is 2.22. The fourth-order valence-electron chi connectivity index (χ4n) is 1.37. The first-order valence-electron chi connectivity index (χ1n) is 5.47. The standard InChI is InChI=1S/C13H13BrN2O2/c14-10-3-5-11(6-4-10)17-8-9-18-12-2-1-7-16-13(12)15/h1-7H,8-9H2,(H2,15,16). The number of hydrogen-bond donors (Lipinski definition) is 1. The molecule has 18 heavy (non-hydrogen) atoms. The average molecular weight is 309 g/mol. The van der Waals surface area contributed by atoms with Crippen molar-refractivity contribution in [1.29, 1.82) is 0 Å². The smallest absolute Gasteiger partial charge is 0.166 e. The molecule has 0 bridgehead atoms. The van der Waals surface area contributed by atoms with E-state index >= 15 is 0 Å². The van der Waals surface area contributed by atoms with Crippen molar-refractivity contribution in [2.75, 3.05) is 18.9 Å². The number of rotatable bonds is 5. The first-order chi connectivity index (χ1) is 8.75. The molecule has 0 aliphatic heterocycles. The van der Waals surface area contributed by atoms with Crippen LogP contribution in [0.15, 0.2) is 47.1 Å². The minimum Gasteiger partial charge on any atom is -0.490 e. The quantitative estimate of drug-likeness (QED) is 0.863. The maximum Gasteiger partial charge on any atom is 0.166 e.